The minimum absolute atomic E-state index is 0.0618. The zero-order chi connectivity index (χ0) is 14.0. The fraction of sp³-hybridized carbons (Fsp3) is 0.455. The van der Waals surface area contributed by atoms with Crippen LogP contribution in [0.15, 0.2) is 12.3 Å². The highest BCUT2D eigenvalue weighted by molar-refractivity contribution is 7.91. The molecule has 1 aliphatic rings. The van der Waals surface area contributed by atoms with Crippen LogP contribution in [-0.4, -0.2) is 43.9 Å². The summed E-state index contributed by atoms with van der Waals surface area (Å²) in [5.41, 5.74) is 0.0618. The Balaban J connectivity index is 2.14. The molecule has 2 heterocycles. The summed E-state index contributed by atoms with van der Waals surface area (Å²) in [7, 11) is -1.50. The standard InChI is InChI=1S/C11H14FN3O3S/c1-13-10-9(4-7(12)5-14-10)11(16)15-8-2-3-19(17,18)6-8/h4-5,8H,2-3,6H2,1H3,(H,13,14)(H,15,16). The van der Waals surface area contributed by atoms with Gasteiger partial charge >= 0.3 is 0 Å². The van der Waals surface area contributed by atoms with Gasteiger partial charge < -0.3 is 10.6 Å². The second-order valence-corrected chi connectivity index (χ2v) is 6.60. The first kappa shape index (κ1) is 13.7. The summed E-state index contributed by atoms with van der Waals surface area (Å²) >= 11 is 0. The largest absolute Gasteiger partial charge is 0.372 e. The lowest BCUT2D eigenvalue weighted by atomic mass is 10.2. The van der Waals surface area contributed by atoms with Gasteiger partial charge in [-0.3, -0.25) is 4.79 Å². The number of aromatic nitrogens is 1. The monoisotopic (exact) mass is 287 g/mol. The van der Waals surface area contributed by atoms with E-state index < -0.39 is 27.6 Å². The van der Waals surface area contributed by atoms with Gasteiger partial charge in [-0.15, -0.1) is 0 Å². The topological polar surface area (TPSA) is 88.2 Å². The van der Waals surface area contributed by atoms with Crippen LogP contribution in [0.2, 0.25) is 0 Å². The van der Waals surface area contributed by atoms with E-state index in [0.29, 0.717) is 6.42 Å². The molecule has 1 aromatic rings. The molecule has 0 spiro atoms. The van der Waals surface area contributed by atoms with E-state index in [4.69, 9.17) is 0 Å². The van der Waals surface area contributed by atoms with Crippen LogP contribution in [0.1, 0.15) is 16.8 Å². The lowest BCUT2D eigenvalue weighted by Gasteiger charge is -2.12. The van der Waals surface area contributed by atoms with Gasteiger partial charge in [0.15, 0.2) is 9.84 Å². The van der Waals surface area contributed by atoms with Gasteiger partial charge in [-0.1, -0.05) is 0 Å². The Hall–Kier alpha value is -1.70. The third-order valence-corrected chi connectivity index (χ3v) is 4.67. The first-order valence-electron chi connectivity index (χ1n) is 5.76. The Morgan fingerprint density at radius 3 is 2.84 bits per heavy atom. The number of nitrogens with one attached hydrogen (secondary N) is 2. The highest BCUT2D eigenvalue weighted by Gasteiger charge is 2.29. The molecule has 8 heteroatoms. The van der Waals surface area contributed by atoms with Gasteiger partial charge in [0, 0.05) is 13.1 Å². The Morgan fingerprint density at radius 2 is 2.26 bits per heavy atom. The number of anilines is 1. The number of amides is 1. The van der Waals surface area contributed by atoms with E-state index >= 15 is 0 Å². The molecule has 1 amide bonds. The van der Waals surface area contributed by atoms with E-state index in [9.17, 15) is 17.6 Å². The van der Waals surface area contributed by atoms with Gasteiger partial charge in [-0.2, -0.15) is 0 Å². The zero-order valence-electron chi connectivity index (χ0n) is 10.3. The fourth-order valence-corrected chi connectivity index (χ4v) is 3.66. The fourth-order valence-electron chi connectivity index (χ4n) is 1.98. The Labute approximate surface area is 110 Å². The van der Waals surface area contributed by atoms with E-state index in [-0.39, 0.29) is 22.9 Å². The number of pyridine rings is 1. The van der Waals surface area contributed by atoms with Crippen molar-refractivity contribution >= 4 is 21.6 Å². The first-order chi connectivity index (χ1) is 8.91. The average Bonchev–Trinajstić information content (AvgIpc) is 2.68. The lowest BCUT2D eigenvalue weighted by Crippen LogP contribution is -2.36. The van der Waals surface area contributed by atoms with Crippen LogP contribution in [0.5, 0.6) is 0 Å². The van der Waals surface area contributed by atoms with Crippen molar-refractivity contribution in [2.24, 2.45) is 0 Å². The van der Waals surface area contributed by atoms with E-state index in [2.05, 4.69) is 15.6 Å². The summed E-state index contributed by atoms with van der Waals surface area (Å²) in [5, 5.41) is 5.28. The number of nitrogens with zero attached hydrogens (tertiary/aromatic N) is 1. The van der Waals surface area contributed by atoms with Gasteiger partial charge in [0.05, 0.1) is 23.3 Å². The molecule has 1 aliphatic heterocycles. The summed E-state index contributed by atoms with van der Waals surface area (Å²) < 4.78 is 35.7. The maximum Gasteiger partial charge on any atom is 0.255 e. The molecule has 1 unspecified atom stereocenters. The Kier molecular flexibility index (Phi) is 3.70. The van der Waals surface area contributed by atoms with Crippen molar-refractivity contribution in [3.8, 4) is 0 Å². The first-order valence-corrected chi connectivity index (χ1v) is 7.58. The summed E-state index contributed by atoms with van der Waals surface area (Å²) in [6.45, 7) is 0. The molecule has 0 aliphatic carbocycles. The van der Waals surface area contributed by atoms with Crippen LogP contribution in [0, 0.1) is 5.82 Å². The molecule has 0 radical (unpaired) electrons. The highest BCUT2D eigenvalue weighted by Crippen LogP contribution is 2.16. The number of halogens is 1. The van der Waals surface area contributed by atoms with Crippen molar-refractivity contribution in [3.05, 3.63) is 23.6 Å². The molecule has 19 heavy (non-hydrogen) atoms. The van der Waals surface area contributed by atoms with E-state index in [1.165, 1.54) is 0 Å². The van der Waals surface area contributed by atoms with E-state index in [1.807, 2.05) is 0 Å². The van der Waals surface area contributed by atoms with Crippen molar-refractivity contribution in [1.82, 2.24) is 10.3 Å². The van der Waals surface area contributed by atoms with Crippen LogP contribution >= 0.6 is 0 Å². The van der Waals surface area contributed by atoms with Crippen LogP contribution in [0.3, 0.4) is 0 Å². The third kappa shape index (κ3) is 3.19. The summed E-state index contributed by atoms with van der Waals surface area (Å²) in [6, 6.07) is 0.642. The van der Waals surface area contributed by atoms with Crippen LogP contribution in [0.4, 0.5) is 10.2 Å². The predicted octanol–water partition coefficient (Wildman–Crippen LogP) is 0.179. The smallest absolute Gasteiger partial charge is 0.255 e. The van der Waals surface area contributed by atoms with E-state index in [1.54, 1.807) is 7.05 Å². The maximum absolute atomic E-state index is 13.1. The van der Waals surface area contributed by atoms with Crippen LogP contribution in [-0.2, 0) is 9.84 Å². The van der Waals surface area contributed by atoms with E-state index in [0.717, 1.165) is 12.3 Å². The van der Waals surface area contributed by atoms with Gasteiger partial charge in [-0.05, 0) is 12.5 Å². The van der Waals surface area contributed by atoms with Crippen molar-refractivity contribution in [1.29, 1.82) is 0 Å². The number of rotatable bonds is 3. The summed E-state index contributed by atoms with van der Waals surface area (Å²) in [5.74, 6) is -0.907. The lowest BCUT2D eigenvalue weighted by molar-refractivity contribution is 0.0941. The van der Waals surface area contributed by atoms with Crippen molar-refractivity contribution in [2.45, 2.75) is 12.5 Å². The number of sulfone groups is 1. The third-order valence-electron chi connectivity index (χ3n) is 2.90. The molecule has 1 fully saturated rings. The molecule has 104 valence electrons. The second-order valence-electron chi connectivity index (χ2n) is 4.37. The highest BCUT2D eigenvalue weighted by atomic mass is 32.2. The molecule has 6 nitrogen and oxygen atoms in total. The van der Waals surface area contributed by atoms with Crippen LogP contribution < -0.4 is 10.6 Å². The maximum atomic E-state index is 13.1. The molecule has 2 rings (SSSR count). The van der Waals surface area contributed by atoms with Gasteiger partial charge in [-0.25, -0.2) is 17.8 Å². The van der Waals surface area contributed by atoms with Gasteiger partial charge in [0.1, 0.15) is 11.6 Å². The summed E-state index contributed by atoms with van der Waals surface area (Å²) in [4.78, 5) is 15.7. The number of hydrogen-bond donors (Lipinski definition) is 2. The number of hydrogen-bond acceptors (Lipinski definition) is 5. The molecule has 1 atom stereocenters. The van der Waals surface area contributed by atoms with Gasteiger partial charge in [0.25, 0.3) is 5.91 Å². The molecule has 0 saturated carbocycles. The van der Waals surface area contributed by atoms with Crippen molar-refractivity contribution in [3.63, 3.8) is 0 Å². The number of carbonyl (C=O) groups excluding carboxylic acids is 1. The minimum atomic E-state index is -3.07. The molecule has 1 aromatic heterocycles. The van der Waals surface area contributed by atoms with Crippen molar-refractivity contribution < 1.29 is 17.6 Å². The van der Waals surface area contributed by atoms with Crippen molar-refractivity contribution in [2.75, 3.05) is 23.9 Å². The quantitative estimate of drug-likeness (QED) is 0.828. The number of carbonyl (C=O) groups is 1. The molecule has 0 aromatic carbocycles. The summed E-state index contributed by atoms with van der Waals surface area (Å²) in [6.07, 6.45) is 1.38. The predicted molar refractivity (Wildman–Crippen MR) is 68.3 cm³/mol. The molecular formula is C11H14FN3O3S. The molecule has 2 N–H and O–H groups in total. The molecule has 1 saturated heterocycles. The SMILES string of the molecule is CNc1ncc(F)cc1C(=O)NC1CCS(=O)(=O)C1. The average molecular weight is 287 g/mol. The molecular weight excluding hydrogens is 273 g/mol. The second kappa shape index (κ2) is 5.12. The minimum Gasteiger partial charge on any atom is -0.372 e. The zero-order valence-corrected chi connectivity index (χ0v) is 11.1. The molecule has 0 bridgehead atoms. The normalized spacial score (nSPS) is 21.1. The van der Waals surface area contributed by atoms with Gasteiger partial charge in [0.2, 0.25) is 0 Å². The Bertz CT molecular complexity index is 603. The van der Waals surface area contributed by atoms with Crippen LogP contribution in [0.25, 0.3) is 0 Å². The Morgan fingerprint density at radius 1 is 1.53 bits per heavy atom.